The average Bonchev–Trinajstić information content (AvgIpc) is 3.29. The molecule has 0 radical (unpaired) electrons. The van der Waals surface area contributed by atoms with Crippen molar-refractivity contribution in [2.75, 3.05) is 6.61 Å². The van der Waals surface area contributed by atoms with Crippen molar-refractivity contribution >= 4 is 41.0 Å². The SMILES string of the molecule is Cc1cc(/C=C(/C#N)C(=O)OCC(=O)c2cc(C)n(-c3ccc(Cl)c(Cl)c3)c2C)c(C)n1CCC(C)C. The van der Waals surface area contributed by atoms with E-state index in [1.54, 1.807) is 25.1 Å². The normalized spacial score (nSPS) is 11.6. The number of nitriles is 1. The summed E-state index contributed by atoms with van der Waals surface area (Å²) in [5, 5.41) is 10.4. The van der Waals surface area contributed by atoms with Crippen molar-refractivity contribution in [2.45, 2.75) is 54.5 Å². The van der Waals surface area contributed by atoms with Crippen LogP contribution in [0.15, 0.2) is 35.9 Å². The highest BCUT2D eigenvalue weighted by Gasteiger charge is 2.20. The van der Waals surface area contributed by atoms with E-state index in [9.17, 15) is 14.9 Å². The highest BCUT2D eigenvalue weighted by atomic mass is 35.5. The summed E-state index contributed by atoms with van der Waals surface area (Å²) >= 11 is 12.2. The Kier molecular flexibility index (Phi) is 9.07. The third kappa shape index (κ3) is 6.36. The molecule has 2 aromatic heterocycles. The van der Waals surface area contributed by atoms with E-state index in [1.807, 2.05) is 43.5 Å². The van der Waals surface area contributed by atoms with Crippen molar-refractivity contribution in [3.8, 4) is 11.8 Å². The highest BCUT2D eigenvalue weighted by molar-refractivity contribution is 6.42. The number of rotatable bonds is 9. The number of hydrogen-bond acceptors (Lipinski definition) is 4. The zero-order valence-electron chi connectivity index (χ0n) is 22.0. The number of esters is 1. The Morgan fingerprint density at radius 3 is 2.35 bits per heavy atom. The van der Waals surface area contributed by atoms with E-state index in [4.69, 9.17) is 27.9 Å². The predicted octanol–water partition coefficient (Wildman–Crippen LogP) is 7.20. The number of carbonyl (C=O) groups excluding carboxylic acids is 2. The fraction of sp³-hybridized carbons (Fsp3) is 0.345. The third-order valence-electron chi connectivity index (χ3n) is 6.41. The molecule has 37 heavy (non-hydrogen) atoms. The monoisotopic (exact) mass is 539 g/mol. The van der Waals surface area contributed by atoms with E-state index < -0.39 is 12.6 Å². The van der Waals surface area contributed by atoms with E-state index in [2.05, 4.69) is 18.4 Å². The quantitative estimate of drug-likeness (QED) is 0.125. The van der Waals surface area contributed by atoms with Crippen LogP contribution in [0.4, 0.5) is 0 Å². The second-order valence-electron chi connectivity index (χ2n) is 9.55. The number of halogens is 2. The van der Waals surface area contributed by atoms with Gasteiger partial charge in [0.25, 0.3) is 0 Å². The number of Topliss-reactive ketones (excluding diaryl/α,β-unsaturated/α-hetero) is 1. The molecule has 0 amide bonds. The molecule has 0 aliphatic carbocycles. The number of hydrogen-bond donors (Lipinski definition) is 0. The van der Waals surface area contributed by atoms with Crippen LogP contribution in [0, 0.1) is 44.9 Å². The van der Waals surface area contributed by atoms with Gasteiger partial charge in [-0.1, -0.05) is 37.0 Å². The zero-order valence-corrected chi connectivity index (χ0v) is 23.5. The summed E-state index contributed by atoms with van der Waals surface area (Å²) in [4.78, 5) is 25.6. The molecule has 0 aliphatic heterocycles. The Morgan fingerprint density at radius 2 is 1.73 bits per heavy atom. The molecule has 2 heterocycles. The topological polar surface area (TPSA) is 77.0 Å². The van der Waals surface area contributed by atoms with Gasteiger partial charge in [-0.15, -0.1) is 0 Å². The minimum absolute atomic E-state index is 0.154. The number of aromatic nitrogens is 2. The van der Waals surface area contributed by atoms with E-state index in [-0.39, 0.29) is 11.4 Å². The molecule has 0 N–H and O–H groups in total. The molecule has 0 unspecified atom stereocenters. The number of nitrogens with zero attached hydrogens (tertiary/aromatic N) is 3. The van der Waals surface area contributed by atoms with Crippen molar-refractivity contribution in [2.24, 2.45) is 5.92 Å². The van der Waals surface area contributed by atoms with Crippen molar-refractivity contribution in [1.82, 2.24) is 9.13 Å². The molecule has 1 aromatic carbocycles. The molecule has 0 aliphatic rings. The molecule has 3 aromatic rings. The van der Waals surface area contributed by atoms with E-state index in [0.29, 0.717) is 27.2 Å². The van der Waals surface area contributed by atoms with Crippen LogP contribution in [-0.2, 0) is 16.1 Å². The fourth-order valence-electron chi connectivity index (χ4n) is 4.35. The van der Waals surface area contributed by atoms with Gasteiger partial charge in [0.15, 0.2) is 6.61 Å². The summed E-state index contributed by atoms with van der Waals surface area (Å²) in [5.74, 6) is -0.631. The first-order valence-electron chi connectivity index (χ1n) is 12.1. The van der Waals surface area contributed by atoms with Crippen LogP contribution in [-0.4, -0.2) is 27.5 Å². The first-order valence-corrected chi connectivity index (χ1v) is 12.8. The molecule has 3 rings (SSSR count). The summed E-state index contributed by atoms with van der Waals surface area (Å²) in [6, 6.07) is 10.8. The summed E-state index contributed by atoms with van der Waals surface area (Å²) < 4.78 is 9.31. The lowest BCUT2D eigenvalue weighted by Crippen LogP contribution is -2.16. The number of benzene rings is 1. The third-order valence-corrected chi connectivity index (χ3v) is 7.15. The number of ether oxygens (including phenoxy) is 1. The first-order chi connectivity index (χ1) is 17.4. The molecule has 0 fully saturated rings. The summed E-state index contributed by atoms with van der Waals surface area (Å²) in [6.07, 6.45) is 2.55. The second kappa shape index (κ2) is 11.9. The number of aryl methyl sites for hydroxylation is 2. The molecule has 6 nitrogen and oxygen atoms in total. The van der Waals surface area contributed by atoms with Gasteiger partial charge in [-0.25, -0.2) is 4.79 Å². The first kappa shape index (κ1) is 28.3. The standard InChI is InChI=1S/C29H31Cl2N3O3/c1-17(2)9-10-33-18(3)11-22(20(33)5)13-23(15-32)29(36)37-16-28(35)25-12-19(4)34(21(25)6)24-7-8-26(30)27(31)14-24/h7-8,11-14,17H,9-10,16H2,1-6H3/b23-13-. The van der Waals surface area contributed by atoms with Crippen molar-refractivity contribution in [3.63, 3.8) is 0 Å². The summed E-state index contributed by atoms with van der Waals surface area (Å²) in [7, 11) is 0. The van der Waals surface area contributed by atoms with Crippen molar-refractivity contribution < 1.29 is 14.3 Å². The molecule has 0 atom stereocenters. The zero-order chi connectivity index (χ0) is 27.4. The Bertz CT molecular complexity index is 1420. The number of ketones is 1. The molecule has 0 bridgehead atoms. The fourth-order valence-corrected chi connectivity index (χ4v) is 4.64. The van der Waals surface area contributed by atoms with Gasteiger partial charge in [-0.05, 0) is 82.0 Å². The smallest absolute Gasteiger partial charge is 0.349 e. The van der Waals surface area contributed by atoms with Crippen LogP contribution in [0.1, 0.15) is 59.0 Å². The average molecular weight is 540 g/mol. The Balaban J connectivity index is 1.75. The lowest BCUT2D eigenvalue weighted by Gasteiger charge is -2.11. The van der Waals surface area contributed by atoms with Crippen LogP contribution >= 0.6 is 23.2 Å². The van der Waals surface area contributed by atoms with E-state index >= 15 is 0 Å². The molecule has 194 valence electrons. The molecular formula is C29H31Cl2N3O3. The van der Waals surface area contributed by atoms with Gasteiger partial charge < -0.3 is 13.9 Å². The summed E-state index contributed by atoms with van der Waals surface area (Å²) in [6.45, 7) is 12.4. The maximum atomic E-state index is 12.9. The second-order valence-corrected chi connectivity index (χ2v) is 10.4. The Labute approximate surface area is 228 Å². The van der Waals surface area contributed by atoms with E-state index in [0.717, 1.165) is 41.3 Å². The Morgan fingerprint density at radius 1 is 1.03 bits per heavy atom. The summed E-state index contributed by atoms with van der Waals surface area (Å²) in [5.41, 5.74) is 5.35. The van der Waals surface area contributed by atoms with Gasteiger partial charge in [-0.3, -0.25) is 4.79 Å². The van der Waals surface area contributed by atoms with Gasteiger partial charge in [0.1, 0.15) is 11.6 Å². The lowest BCUT2D eigenvalue weighted by molar-refractivity contribution is -0.137. The maximum absolute atomic E-state index is 12.9. The van der Waals surface area contributed by atoms with Crippen molar-refractivity contribution in [1.29, 1.82) is 5.26 Å². The highest BCUT2D eigenvalue weighted by Crippen LogP contribution is 2.28. The van der Waals surface area contributed by atoms with Crippen LogP contribution < -0.4 is 0 Å². The van der Waals surface area contributed by atoms with E-state index in [1.165, 1.54) is 6.08 Å². The van der Waals surface area contributed by atoms with Crippen molar-refractivity contribution in [3.05, 3.63) is 79.9 Å². The van der Waals surface area contributed by atoms with Gasteiger partial charge in [0, 0.05) is 40.6 Å². The van der Waals surface area contributed by atoms with Gasteiger partial charge >= 0.3 is 5.97 Å². The van der Waals surface area contributed by atoms with Crippen LogP contribution in [0.25, 0.3) is 11.8 Å². The van der Waals surface area contributed by atoms with Crippen LogP contribution in [0.2, 0.25) is 10.0 Å². The number of carbonyl (C=O) groups is 2. The van der Waals surface area contributed by atoms with Crippen LogP contribution in [0.5, 0.6) is 0 Å². The minimum atomic E-state index is -0.832. The molecular weight excluding hydrogens is 509 g/mol. The lowest BCUT2D eigenvalue weighted by atomic mass is 10.1. The van der Waals surface area contributed by atoms with Gasteiger partial charge in [0.05, 0.1) is 10.0 Å². The van der Waals surface area contributed by atoms with Gasteiger partial charge in [-0.2, -0.15) is 5.26 Å². The largest absolute Gasteiger partial charge is 0.453 e. The predicted molar refractivity (Wildman–Crippen MR) is 148 cm³/mol. The van der Waals surface area contributed by atoms with Crippen LogP contribution in [0.3, 0.4) is 0 Å². The molecule has 0 saturated heterocycles. The van der Waals surface area contributed by atoms with Gasteiger partial charge in [0.2, 0.25) is 5.78 Å². The molecule has 8 heteroatoms. The Hall–Kier alpha value is -3.27. The minimum Gasteiger partial charge on any atom is -0.453 e. The molecule has 0 spiro atoms. The maximum Gasteiger partial charge on any atom is 0.349 e. The molecule has 0 saturated carbocycles.